The zero-order valence-electron chi connectivity index (χ0n) is 16.2. The van der Waals surface area contributed by atoms with Crippen molar-refractivity contribution >= 4 is 38.7 Å². The van der Waals surface area contributed by atoms with E-state index in [1.807, 2.05) is 0 Å². The molecule has 0 amide bonds. The van der Waals surface area contributed by atoms with Gasteiger partial charge < -0.3 is 43.1 Å². The molecule has 14 heteroatoms. The predicted octanol–water partition coefficient (Wildman–Crippen LogP) is -2.32. The minimum atomic E-state index is -4.52. The molecule has 164 valence electrons. The largest absolute Gasteiger partial charge is 3.00 e. The molecule has 0 N–H and O–H groups in total. The fourth-order valence-corrected chi connectivity index (χ4v) is 3.44. The van der Waals surface area contributed by atoms with Crippen LogP contribution >= 0.6 is 22.8 Å². The Morgan fingerprint density at radius 2 is 0.531 bits per heavy atom. The second-order valence-electron chi connectivity index (χ2n) is 5.50. The van der Waals surface area contributed by atoms with Crippen LogP contribution in [0.5, 0.6) is 0 Å². The number of rotatable bonds is 3. The van der Waals surface area contributed by atoms with Gasteiger partial charge in [-0.3, -0.25) is 0 Å². The summed E-state index contributed by atoms with van der Waals surface area (Å²) in [6, 6.07) is 21.7. The van der Waals surface area contributed by atoms with Gasteiger partial charge in [-0.15, -0.1) is 0 Å². The Bertz CT molecular complexity index is 900. The van der Waals surface area contributed by atoms with Gasteiger partial charge in [-0.05, 0) is 38.7 Å². The van der Waals surface area contributed by atoms with E-state index in [0.29, 0.717) is 0 Å². The molecule has 9 nitrogen and oxygen atoms in total. The second kappa shape index (κ2) is 16.5. The van der Waals surface area contributed by atoms with Crippen molar-refractivity contribution < 1.29 is 125 Å². The van der Waals surface area contributed by atoms with Crippen LogP contribution in [0.3, 0.4) is 0 Å². The fraction of sp³-hybridized carbons (Fsp3) is 0. The molecule has 0 aliphatic carbocycles. The van der Waals surface area contributed by atoms with Crippen LogP contribution in [0.2, 0.25) is 0 Å². The molecule has 0 spiro atoms. The molecule has 32 heavy (non-hydrogen) atoms. The molecule has 0 heterocycles. The SMILES string of the molecule is O=P([O-])([O-])c1ccccc1.O=P([O-])([O-])c1ccccc1.O=P([O-])([O-])c1ccccc1.[Nd+3].[Nd+3]. The normalized spacial score (nSPS) is 10.7. The zero-order valence-corrected chi connectivity index (χ0v) is 25.3. The molecule has 3 aromatic carbocycles. The molecule has 3 rings (SSSR count). The molecule has 0 saturated heterocycles. The molecular formula is C18H15Nd2O9P3. The maximum Gasteiger partial charge on any atom is 3.00 e. The third-order valence-electron chi connectivity index (χ3n) is 3.22. The molecule has 0 saturated carbocycles. The van der Waals surface area contributed by atoms with E-state index in [4.69, 9.17) is 0 Å². The van der Waals surface area contributed by atoms with E-state index in [2.05, 4.69) is 0 Å². The Hall–Kier alpha value is 0.811. The Balaban J connectivity index is 0. The Morgan fingerprint density at radius 3 is 0.625 bits per heavy atom. The smallest absolute Gasteiger partial charge is 0.807 e. The van der Waals surface area contributed by atoms with Gasteiger partial charge in [0, 0.05) is 0 Å². The minimum Gasteiger partial charge on any atom is -0.807 e. The maximum absolute atomic E-state index is 10.3. The summed E-state index contributed by atoms with van der Waals surface area (Å²) in [5.41, 5.74) is 0. The standard InChI is InChI=1S/3C6H7O3P.2Nd/c3*7-10(8,9)6-4-2-1-3-5-6;;/h3*1-5H,(H2,7,8,9);;/q;;;2*+3/p-6. The van der Waals surface area contributed by atoms with Gasteiger partial charge in [0.2, 0.25) is 0 Å². The van der Waals surface area contributed by atoms with Gasteiger partial charge in [0.1, 0.15) is 0 Å². The van der Waals surface area contributed by atoms with Gasteiger partial charge in [-0.2, -0.15) is 0 Å². The topological polar surface area (TPSA) is 190 Å². The van der Waals surface area contributed by atoms with Crippen LogP contribution in [0, 0.1) is 81.7 Å². The van der Waals surface area contributed by atoms with E-state index in [1.165, 1.54) is 72.8 Å². The van der Waals surface area contributed by atoms with Gasteiger partial charge in [0.25, 0.3) is 0 Å². The van der Waals surface area contributed by atoms with Gasteiger partial charge in [-0.1, -0.05) is 91.0 Å². The molecule has 0 aliphatic heterocycles. The third-order valence-corrected chi connectivity index (χ3v) is 6.01. The summed E-state index contributed by atoms with van der Waals surface area (Å²) in [5, 5.41) is -0.472. The van der Waals surface area contributed by atoms with Gasteiger partial charge in [0.05, 0.1) is 0 Å². The van der Waals surface area contributed by atoms with E-state index in [0.717, 1.165) is 0 Å². The molecule has 3 aromatic rings. The van der Waals surface area contributed by atoms with Gasteiger partial charge in [0.15, 0.2) is 0 Å². The van der Waals surface area contributed by atoms with Crippen LogP contribution in [0.1, 0.15) is 0 Å². The van der Waals surface area contributed by atoms with E-state index in [9.17, 15) is 43.1 Å². The first-order valence-electron chi connectivity index (χ1n) is 8.05. The van der Waals surface area contributed by atoms with Crippen LogP contribution in [-0.4, -0.2) is 0 Å². The summed E-state index contributed by atoms with van der Waals surface area (Å²) in [4.78, 5) is 61.8. The molecule has 0 aromatic heterocycles. The van der Waals surface area contributed by atoms with Crippen molar-refractivity contribution in [1.29, 1.82) is 0 Å². The van der Waals surface area contributed by atoms with E-state index in [-0.39, 0.29) is 97.6 Å². The molecule has 0 unspecified atom stereocenters. The monoisotopic (exact) mass is 752 g/mol. The summed E-state index contributed by atoms with van der Waals surface area (Å²) in [7, 11) is -13.6. The summed E-state index contributed by atoms with van der Waals surface area (Å²) in [6.07, 6.45) is 0. The number of benzene rings is 3. The average molecular weight is 757 g/mol. The third kappa shape index (κ3) is 14.9. The van der Waals surface area contributed by atoms with Crippen LogP contribution in [-0.2, 0) is 13.7 Å². The van der Waals surface area contributed by atoms with Crippen molar-refractivity contribution in [1.82, 2.24) is 0 Å². The van der Waals surface area contributed by atoms with Crippen molar-refractivity contribution in [3.05, 3.63) is 91.0 Å². The number of hydrogen-bond donors (Lipinski definition) is 0. The van der Waals surface area contributed by atoms with E-state index in [1.54, 1.807) is 18.2 Å². The van der Waals surface area contributed by atoms with Crippen molar-refractivity contribution in [2.75, 3.05) is 0 Å². The predicted molar refractivity (Wildman–Crippen MR) is 101 cm³/mol. The second-order valence-corrected chi connectivity index (χ2v) is 10.0. The van der Waals surface area contributed by atoms with Crippen molar-refractivity contribution in [3.63, 3.8) is 0 Å². The van der Waals surface area contributed by atoms with Crippen molar-refractivity contribution in [2.45, 2.75) is 0 Å². The Kier molecular flexibility index (Phi) is 18.0. The van der Waals surface area contributed by atoms with Crippen LogP contribution in [0.4, 0.5) is 0 Å². The van der Waals surface area contributed by atoms with Crippen LogP contribution in [0.25, 0.3) is 0 Å². The molecule has 0 aliphatic rings. The quantitative estimate of drug-likeness (QED) is 0.264. The number of hydrogen-bond acceptors (Lipinski definition) is 9. The van der Waals surface area contributed by atoms with Crippen LogP contribution in [0.15, 0.2) is 91.0 Å². The average Bonchev–Trinajstić information content (AvgIpc) is 2.69. The molecule has 0 atom stereocenters. The van der Waals surface area contributed by atoms with Gasteiger partial charge in [-0.25, -0.2) is 0 Å². The Morgan fingerprint density at radius 1 is 0.375 bits per heavy atom. The summed E-state index contributed by atoms with van der Waals surface area (Å²) in [5.74, 6) is 0. The molecule has 0 fully saturated rings. The molecular weight excluding hydrogens is 742 g/mol. The van der Waals surface area contributed by atoms with E-state index < -0.39 is 22.8 Å². The zero-order chi connectivity index (χ0) is 22.8. The Labute approximate surface area is 251 Å². The van der Waals surface area contributed by atoms with Crippen molar-refractivity contribution in [2.24, 2.45) is 0 Å². The first kappa shape index (κ1) is 35.0. The van der Waals surface area contributed by atoms with Crippen molar-refractivity contribution in [3.8, 4) is 0 Å². The fourth-order valence-electron chi connectivity index (χ4n) is 1.83. The summed E-state index contributed by atoms with van der Waals surface area (Å²) >= 11 is 0. The van der Waals surface area contributed by atoms with E-state index >= 15 is 0 Å². The minimum absolute atomic E-state index is 0. The summed E-state index contributed by atoms with van der Waals surface area (Å²) < 4.78 is 30.9. The summed E-state index contributed by atoms with van der Waals surface area (Å²) in [6.45, 7) is 0. The van der Waals surface area contributed by atoms with Gasteiger partial charge >= 0.3 is 81.7 Å². The maximum atomic E-state index is 10.3. The first-order chi connectivity index (χ1) is 13.8. The molecule has 2 radical (unpaired) electrons. The van der Waals surface area contributed by atoms with Crippen LogP contribution < -0.4 is 45.3 Å². The molecule has 0 bridgehead atoms. The first-order valence-corrected chi connectivity index (χ1v) is 12.7.